The molecule has 0 saturated carbocycles. The van der Waals surface area contributed by atoms with Crippen LogP contribution >= 0.6 is 0 Å². The predicted octanol–water partition coefficient (Wildman–Crippen LogP) is 3.36. The first-order valence-electron chi connectivity index (χ1n) is 6.91. The summed E-state index contributed by atoms with van der Waals surface area (Å²) >= 11 is 0. The zero-order chi connectivity index (χ0) is 14.7. The van der Waals surface area contributed by atoms with Crippen molar-refractivity contribution in [1.29, 1.82) is 0 Å². The molecule has 0 fully saturated rings. The van der Waals surface area contributed by atoms with Gasteiger partial charge in [-0.1, -0.05) is 6.07 Å². The first-order chi connectivity index (χ1) is 10.3. The fourth-order valence-electron chi connectivity index (χ4n) is 2.57. The maximum atomic E-state index is 11.1. The molecule has 0 spiro atoms. The van der Waals surface area contributed by atoms with Gasteiger partial charge in [0.15, 0.2) is 0 Å². The Morgan fingerprint density at radius 3 is 2.76 bits per heavy atom. The number of hydrogen-bond acceptors (Lipinski definition) is 4. The molecule has 5 heteroatoms. The third kappa shape index (κ3) is 2.97. The number of anilines is 2. The van der Waals surface area contributed by atoms with E-state index < -0.39 is 6.09 Å². The molecule has 1 aliphatic rings. The van der Waals surface area contributed by atoms with Crippen LogP contribution in [0.5, 0.6) is 0 Å². The number of amides is 1. The molecule has 1 aliphatic carbocycles. The summed E-state index contributed by atoms with van der Waals surface area (Å²) in [6.07, 6.45) is 3.48. The van der Waals surface area contributed by atoms with E-state index in [-0.39, 0.29) is 6.04 Å². The molecule has 0 aliphatic heterocycles. The number of aromatic nitrogens is 1. The van der Waals surface area contributed by atoms with E-state index in [1.807, 2.05) is 36.5 Å². The first kappa shape index (κ1) is 13.4. The molecule has 2 N–H and O–H groups in total. The number of benzene rings is 1. The highest BCUT2D eigenvalue weighted by atomic mass is 16.5. The predicted molar refractivity (Wildman–Crippen MR) is 81.4 cm³/mol. The largest absolute Gasteiger partial charge is 0.453 e. The molecule has 21 heavy (non-hydrogen) atoms. The lowest BCUT2D eigenvalue weighted by molar-refractivity contribution is 0.187. The van der Waals surface area contributed by atoms with Crippen LogP contribution in [-0.4, -0.2) is 18.2 Å². The second-order valence-corrected chi connectivity index (χ2v) is 4.98. The Bertz CT molecular complexity index is 640. The fraction of sp³-hybridized carbons (Fsp3) is 0.250. The van der Waals surface area contributed by atoms with Crippen molar-refractivity contribution in [3.63, 3.8) is 0 Å². The van der Waals surface area contributed by atoms with Gasteiger partial charge in [-0.25, -0.2) is 4.79 Å². The van der Waals surface area contributed by atoms with Gasteiger partial charge in [-0.05, 0) is 48.7 Å². The molecule has 1 unspecified atom stereocenters. The normalized spacial score (nSPS) is 16.1. The number of nitrogens with zero attached hydrogens (tertiary/aromatic N) is 1. The fourth-order valence-corrected chi connectivity index (χ4v) is 2.57. The summed E-state index contributed by atoms with van der Waals surface area (Å²) in [4.78, 5) is 15.6. The number of hydrogen-bond donors (Lipinski definition) is 2. The van der Waals surface area contributed by atoms with Crippen LogP contribution in [0.1, 0.15) is 23.7 Å². The van der Waals surface area contributed by atoms with E-state index in [0.29, 0.717) is 5.69 Å². The number of nitrogens with one attached hydrogen (secondary N) is 2. The lowest BCUT2D eigenvalue weighted by Crippen LogP contribution is -2.11. The minimum atomic E-state index is -0.468. The molecule has 3 rings (SSSR count). The lowest BCUT2D eigenvalue weighted by atomic mass is 10.2. The number of carbonyl (C=O) groups is 1. The van der Waals surface area contributed by atoms with Crippen molar-refractivity contribution in [3.05, 3.63) is 53.9 Å². The number of rotatable bonds is 3. The highest BCUT2D eigenvalue weighted by Gasteiger charge is 2.23. The number of methoxy groups -OCH3 is 1. The average molecular weight is 283 g/mol. The Balaban J connectivity index is 1.68. The topological polar surface area (TPSA) is 63.2 Å². The van der Waals surface area contributed by atoms with Gasteiger partial charge < -0.3 is 10.1 Å². The Morgan fingerprint density at radius 1 is 1.24 bits per heavy atom. The first-order valence-corrected chi connectivity index (χ1v) is 6.91. The highest BCUT2D eigenvalue weighted by Crippen LogP contribution is 2.32. The quantitative estimate of drug-likeness (QED) is 0.906. The van der Waals surface area contributed by atoms with Crippen LogP contribution in [0.25, 0.3) is 0 Å². The van der Waals surface area contributed by atoms with E-state index in [4.69, 9.17) is 0 Å². The van der Waals surface area contributed by atoms with Crippen molar-refractivity contribution >= 4 is 17.5 Å². The maximum absolute atomic E-state index is 11.1. The van der Waals surface area contributed by atoms with Crippen molar-refractivity contribution in [2.75, 3.05) is 17.7 Å². The van der Waals surface area contributed by atoms with Crippen LogP contribution in [0.3, 0.4) is 0 Å². The molecule has 108 valence electrons. The van der Waals surface area contributed by atoms with Crippen LogP contribution < -0.4 is 10.6 Å². The highest BCUT2D eigenvalue weighted by molar-refractivity contribution is 5.84. The molecule has 0 saturated heterocycles. The molecule has 1 aromatic heterocycles. The Morgan fingerprint density at radius 2 is 2.00 bits per heavy atom. The summed E-state index contributed by atoms with van der Waals surface area (Å²) in [5.74, 6) is 0. The van der Waals surface area contributed by atoms with Gasteiger partial charge >= 0.3 is 6.09 Å². The number of ether oxygens (including phenoxy) is 1. The van der Waals surface area contributed by atoms with Gasteiger partial charge in [0.2, 0.25) is 0 Å². The molecule has 1 aromatic carbocycles. The molecule has 1 amide bonds. The zero-order valence-corrected chi connectivity index (χ0v) is 11.8. The molecule has 1 heterocycles. The van der Waals surface area contributed by atoms with Crippen molar-refractivity contribution in [2.45, 2.75) is 18.9 Å². The van der Waals surface area contributed by atoms with E-state index in [0.717, 1.165) is 24.2 Å². The standard InChI is InChI=1S/C16H17N3O2/c1-21-16(20)19-13-7-5-12(6-8-13)18-14-9-4-11-3-2-10-17-15(11)14/h2-3,5-8,10,14,18H,4,9H2,1H3,(H,19,20). The van der Waals surface area contributed by atoms with Gasteiger partial charge in [-0.3, -0.25) is 10.3 Å². The summed E-state index contributed by atoms with van der Waals surface area (Å²) in [5, 5.41) is 6.11. The maximum Gasteiger partial charge on any atom is 0.411 e. The Labute approximate surface area is 123 Å². The van der Waals surface area contributed by atoms with Crippen LogP contribution in [0.2, 0.25) is 0 Å². The van der Waals surface area contributed by atoms with E-state index in [1.54, 1.807) is 0 Å². The lowest BCUT2D eigenvalue weighted by Gasteiger charge is -2.15. The van der Waals surface area contributed by atoms with Gasteiger partial charge in [-0.15, -0.1) is 0 Å². The molecular formula is C16H17N3O2. The van der Waals surface area contributed by atoms with Gasteiger partial charge in [0.1, 0.15) is 0 Å². The summed E-state index contributed by atoms with van der Waals surface area (Å²) in [5.41, 5.74) is 4.17. The van der Waals surface area contributed by atoms with Crippen molar-refractivity contribution in [1.82, 2.24) is 4.98 Å². The second kappa shape index (κ2) is 5.83. The Kier molecular flexibility index (Phi) is 3.73. The third-order valence-electron chi connectivity index (χ3n) is 3.62. The number of aryl methyl sites for hydroxylation is 1. The van der Waals surface area contributed by atoms with E-state index >= 15 is 0 Å². The average Bonchev–Trinajstić information content (AvgIpc) is 2.92. The van der Waals surface area contributed by atoms with Gasteiger partial charge in [0, 0.05) is 17.6 Å². The molecule has 2 aromatic rings. The molecular weight excluding hydrogens is 266 g/mol. The van der Waals surface area contributed by atoms with Gasteiger partial charge in [0.25, 0.3) is 0 Å². The smallest absolute Gasteiger partial charge is 0.411 e. The summed E-state index contributed by atoms with van der Waals surface area (Å²) < 4.78 is 4.56. The summed E-state index contributed by atoms with van der Waals surface area (Å²) in [6.45, 7) is 0. The number of carbonyl (C=O) groups excluding carboxylic acids is 1. The zero-order valence-electron chi connectivity index (χ0n) is 11.8. The van der Waals surface area contributed by atoms with Crippen molar-refractivity contribution in [3.8, 4) is 0 Å². The number of pyridine rings is 1. The minimum Gasteiger partial charge on any atom is -0.453 e. The van der Waals surface area contributed by atoms with Gasteiger partial charge in [-0.2, -0.15) is 0 Å². The summed E-state index contributed by atoms with van der Waals surface area (Å²) in [7, 11) is 1.34. The Hall–Kier alpha value is -2.56. The third-order valence-corrected chi connectivity index (χ3v) is 3.62. The molecule has 1 atom stereocenters. The van der Waals surface area contributed by atoms with E-state index in [1.165, 1.54) is 12.7 Å². The minimum absolute atomic E-state index is 0.251. The molecule has 5 nitrogen and oxygen atoms in total. The summed E-state index contributed by atoms with van der Waals surface area (Å²) in [6, 6.07) is 11.9. The van der Waals surface area contributed by atoms with Crippen LogP contribution in [0.4, 0.5) is 16.2 Å². The molecule has 0 radical (unpaired) electrons. The van der Waals surface area contributed by atoms with Crippen molar-refractivity contribution in [2.24, 2.45) is 0 Å². The monoisotopic (exact) mass is 283 g/mol. The molecule has 0 bridgehead atoms. The van der Waals surface area contributed by atoms with E-state index in [2.05, 4.69) is 26.4 Å². The SMILES string of the molecule is COC(=O)Nc1ccc(NC2CCc3cccnc32)cc1. The number of fused-ring (bicyclic) bond motifs is 1. The van der Waals surface area contributed by atoms with Crippen molar-refractivity contribution < 1.29 is 9.53 Å². The van der Waals surface area contributed by atoms with Gasteiger partial charge in [0.05, 0.1) is 18.8 Å². The van der Waals surface area contributed by atoms with E-state index in [9.17, 15) is 4.79 Å². The van der Waals surface area contributed by atoms with Crippen LogP contribution in [-0.2, 0) is 11.2 Å². The van der Waals surface area contributed by atoms with Crippen LogP contribution in [0, 0.1) is 0 Å². The second-order valence-electron chi connectivity index (χ2n) is 4.98. The van der Waals surface area contributed by atoms with Crippen LogP contribution in [0.15, 0.2) is 42.6 Å².